The van der Waals surface area contributed by atoms with Crippen LogP contribution in [0.4, 0.5) is 10.5 Å². The topological polar surface area (TPSA) is 108 Å². The third-order valence-electron chi connectivity index (χ3n) is 7.71. The Morgan fingerprint density at radius 1 is 0.927 bits per heavy atom. The van der Waals surface area contributed by atoms with Crippen LogP contribution in [0.1, 0.15) is 96.5 Å². The fourth-order valence-corrected chi connectivity index (χ4v) is 4.72. The van der Waals surface area contributed by atoms with Gasteiger partial charge in [-0.3, -0.25) is 9.59 Å². The second kappa shape index (κ2) is 13.4. The van der Waals surface area contributed by atoms with Gasteiger partial charge < -0.3 is 25.4 Å². The third kappa shape index (κ3) is 8.24. The molecule has 0 aliphatic carbocycles. The predicted molar refractivity (Wildman–Crippen MR) is 164 cm³/mol. The Morgan fingerprint density at radius 3 is 1.98 bits per heavy atom. The second-order valence-corrected chi connectivity index (χ2v) is 12.6. The molecule has 0 aromatic heterocycles. The maximum Gasteiger partial charge on any atom is 0.408 e. The number of hydrogen-bond acceptors (Lipinski definition) is 5. The molecule has 41 heavy (non-hydrogen) atoms. The number of hydrogen-bond donors (Lipinski definition) is 3. The Bertz CT molecular complexity index is 1230. The zero-order valence-electron chi connectivity index (χ0n) is 26.6. The highest BCUT2D eigenvalue weighted by Crippen LogP contribution is 2.38. The van der Waals surface area contributed by atoms with E-state index in [1.165, 1.54) is 4.90 Å². The van der Waals surface area contributed by atoms with Crippen LogP contribution in [0.25, 0.3) is 0 Å². The summed E-state index contributed by atoms with van der Waals surface area (Å²) in [6.07, 6.45) is 0.403. The smallest absolute Gasteiger partial charge is 0.408 e. The van der Waals surface area contributed by atoms with Crippen LogP contribution in [0.2, 0.25) is 0 Å². The molecule has 2 aromatic rings. The number of carbonyl (C=O) groups excluding carboxylic acids is 3. The van der Waals surface area contributed by atoms with Crippen molar-refractivity contribution in [2.75, 3.05) is 5.32 Å². The number of aryl methyl sites for hydroxylation is 3. The Kier molecular flexibility index (Phi) is 11.0. The van der Waals surface area contributed by atoms with Gasteiger partial charge in [0.1, 0.15) is 23.4 Å². The normalized spacial score (nSPS) is 14.0. The van der Waals surface area contributed by atoms with Gasteiger partial charge in [0, 0.05) is 16.8 Å². The number of benzene rings is 2. The lowest BCUT2D eigenvalue weighted by Crippen LogP contribution is -2.60. The van der Waals surface area contributed by atoms with Crippen molar-refractivity contribution >= 4 is 23.6 Å². The van der Waals surface area contributed by atoms with Crippen LogP contribution in [0.15, 0.2) is 36.4 Å². The molecule has 3 atom stereocenters. The summed E-state index contributed by atoms with van der Waals surface area (Å²) in [5, 5.41) is 17.1. The van der Waals surface area contributed by atoms with Gasteiger partial charge in [0.05, 0.1) is 0 Å². The molecule has 3 amide bonds. The average Bonchev–Trinajstić information content (AvgIpc) is 2.87. The van der Waals surface area contributed by atoms with E-state index in [1.54, 1.807) is 45.9 Å². The van der Waals surface area contributed by atoms with Crippen molar-refractivity contribution in [2.24, 2.45) is 5.92 Å². The zero-order valence-corrected chi connectivity index (χ0v) is 26.6. The summed E-state index contributed by atoms with van der Waals surface area (Å²) >= 11 is 0. The first-order valence-corrected chi connectivity index (χ1v) is 14.4. The fraction of sp³-hybridized carbons (Fsp3) is 0.545. The molecule has 0 saturated heterocycles. The zero-order chi connectivity index (χ0) is 31.3. The van der Waals surface area contributed by atoms with Gasteiger partial charge in [-0.05, 0) is 84.4 Å². The third-order valence-corrected chi connectivity index (χ3v) is 7.71. The minimum atomic E-state index is -1.19. The van der Waals surface area contributed by atoms with Gasteiger partial charge in [-0.2, -0.15) is 0 Å². The average molecular weight is 568 g/mol. The number of phenols is 1. The lowest BCUT2D eigenvalue weighted by molar-refractivity contribution is -0.148. The number of anilines is 1. The van der Waals surface area contributed by atoms with E-state index in [0.29, 0.717) is 29.7 Å². The summed E-state index contributed by atoms with van der Waals surface area (Å²) in [6, 6.07) is 8.75. The molecule has 0 aliphatic rings. The van der Waals surface area contributed by atoms with Crippen LogP contribution in [0.5, 0.6) is 5.75 Å². The molecule has 0 radical (unpaired) electrons. The number of alkyl carbamates (subject to hydrolysis) is 1. The summed E-state index contributed by atoms with van der Waals surface area (Å²) in [6.45, 7) is 20.4. The molecule has 3 N–H and O–H groups in total. The van der Waals surface area contributed by atoms with Gasteiger partial charge in [-0.25, -0.2) is 4.79 Å². The Balaban J connectivity index is 2.77. The fourth-order valence-electron chi connectivity index (χ4n) is 4.72. The van der Waals surface area contributed by atoms with Gasteiger partial charge in [0.25, 0.3) is 5.91 Å². The molecule has 2 rings (SSSR count). The lowest BCUT2D eigenvalue weighted by Gasteiger charge is -2.45. The maximum absolute atomic E-state index is 14.6. The van der Waals surface area contributed by atoms with E-state index in [2.05, 4.69) is 10.6 Å². The van der Waals surface area contributed by atoms with Crippen LogP contribution in [-0.4, -0.2) is 45.1 Å². The van der Waals surface area contributed by atoms with E-state index in [0.717, 1.165) is 11.1 Å². The van der Waals surface area contributed by atoms with E-state index in [4.69, 9.17) is 4.74 Å². The van der Waals surface area contributed by atoms with E-state index >= 15 is 0 Å². The van der Waals surface area contributed by atoms with Gasteiger partial charge in [0.2, 0.25) is 5.91 Å². The number of rotatable bonds is 10. The standard InChI is InChI=1S/C33H49N3O5/c1-12-20(3)26(35-31(40)41-32(7,8)9)30(39)36(33(10,11)13-2)27(24-19-15-18-23(6)28(24)37)29(38)34-25-21(4)16-14-17-22(25)5/h14-20,26-27,37H,12-13H2,1-11H3,(H,34,38)(H,35,40). The molecule has 0 saturated carbocycles. The number of nitrogens with one attached hydrogen (secondary N) is 2. The molecule has 3 unspecified atom stereocenters. The number of carbonyl (C=O) groups is 3. The molecule has 0 bridgehead atoms. The second-order valence-electron chi connectivity index (χ2n) is 12.6. The summed E-state index contributed by atoms with van der Waals surface area (Å²) in [5.41, 5.74) is 1.71. The van der Waals surface area contributed by atoms with Crippen molar-refractivity contribution in [1.29, 1.82) is 0 Å². The molecule has 8 nitrogen and oxygen atoms in total. The maximum atomic E-state index is 14.6. The lowest BCUT2D eigenvalue weighted by atomic mass is 9.88. The monoisotopic (exact) mass is 567 g/mol. The summed E-state index contributed by atoms with van der Waals surface area (Å²) in [5.74, 6) is -1.21. The number of amides is 3. The summed E-state index contributed by atoms with van der Waals surface area (Å²) in [4.78, 5) is 43.4. The highest BCUT2D eigenvalue weighted by Gasteiger charge is 2.45. The molecule has 226 valence electrons. The Labute approximate surface area is 245 Å². The largest absolute Gasteiger partial charge is 0.507 e. The van der Waals surface area contributed by atoms with E-state index in [-0.39, 0.29) is 11.7 Å². The number of aromatic hydroxyl groups is 1. The molecular weight excluding hydrogens is 518 g/mol. The molecule has 2 aromatic carbocycles. The van der Waals surface area contributed by atoms with E-state index < -0.39 is 41.1 Å². The van der Waals surface area contributed by atoms with Gasteiger partial charge in [0.15, 0.2) is 0 Å². The molecule has 0 fully saturated rings. The van der Waals surface area contributed by atoms with Crippen molar-refractivity contribution in [1.82, 2.24) is 10.2 Å². The van der Waals surface area contributed by atoms with Crippen molar-refractivity contribution in [3.05, 3.63) is 58.7 Å². The highest BCUT2D eigenvalue weighted by molar-refractivity contribution is 6.00. The number of para-hydroxylation sites is 2. The van der Waals surface area contributed by atoms with E-state index in [9.17, 15) is 19.5 Å². The van der Waals surface area contributed by atoms with Crippen LogP contribution in [0.3, 0.4) is 0 Å². The van der Waals surface area contributed by atoms with Crippen LogP contribution < -0.4 is 10.6 Å². The molecule has 0 heterocycles. The SMILES string of the molecule is CCC(C)C(NC(=O)OC(C)(C)C)C(=O)N(C(C(=O)Nc1c(C)cccc1C)c1cccc(C)c1O)C(C)(C)CC. The minimum absolute atomic E-state index is 0.0564. The molecule has 0 spiro atoms. The van der Waals surface area contributed by atoms with Crippen LogP contribution in [-0.2, 0) is 14.3 Å². The van der Waals surface area contributed by atoms with Gasteiger partial charge >= 0.3 is 6.09 Å². The van der Waals surface area contributed by atoms with Gasteiger partial charge in [-0.15, -0.1) is 0 Å². The Hall–Kier alpha value is -3.55. The molecule has 8 heteroatoms. The van der Waals surface area contributed by atoms with E-state index in [1.807, 2.05) is 66.7 Å². The van der Waals surface area contributed by atoms with Crippen LogP contribution >= 0.6 is 0 Å². The molecular formula is C33H49N3O5. The van der Waals surface area contributed by atoms with Crippen molar-refractivity contribution in [3.63, 3.8) is 0 Å². The first-order valence-electron chi connectivity index (χ1n) is 14.4. The quantitative estimate of drug-likeness (QED) is 0.288. The predicted octanol–water partition coefficient (Wildman–Crippen LogP) is 6.95. The first-order chi connectivity index (χ1) is 18.9. The number of nitrogens with zero attached hydrogens (tertiary/aromatic N) is 1. The summed E-state index contributed by atoms with van der Waals surface area (Å²) in [7, 11) is 0. The highest BCUT2D eigenvalue weighted by atomic mass is 16.6. The first kappa shape index (κ1) is 33.7. The number of ether oxygens (including phenoxy) is 1. The summed E-state index contributed by atoms with van der Waals surface area (Å²) < 4.78 is 5.50. The Morgan fingerprint density at radius 2 is 1.46 bits per heavy atom. The van der Waals surface area contributed by atoms with Gasteiger partial charge in [-0.1, -0.05) is 63.6 Å². The minimum Gasteiger partial charge on any atom is -0.507 e. The van der Waals surface area contributed by atoms with Crippen molar-refractivity contribution < 1.29 is 24.2 Å². The van der Waals surface area contributed by atoms with Crippen LogP contribution in [0, 0.1) is 26.7 Å². The van der Waals surface area contributed by atoms with Crippen molar-refractivity contribution in [2.45, 2.75) is 112 Å². The van der Waals surface area contributed by atoms with Crippen molar-refractivity contribution in [3.8, 4) is 5.75 Å². The molecule has 0 aliphatic heterocycles. The number of phenolic OH excluding ortho intramolecular Hbond substituents is 1.